The monoisotopic (exact) mass is 310 g/mol. The van der Waals surface area contributed by atoms with Gasteiger partial charge >= 0.3 is 0 Å². The summed E-state index contributed by atoms with van der Waals surface area (Å²) in [5.74, 6) is 0. The Kier molecular flexibility index (Phi) is 3.88. The Morgan fingerprint density at radius 3 is 2.19 bits per heavy atom. The van der Waals surface area contributed by atoms with E-state index >= 15 is 0 Å². The maximum absolute atomic E-state index is 6.58. The molecule has 3 aromatic rings. The van der Waals surface area contributed by atoms with Crippen LogP contribution in [0.4, 0.5) is 0 Å². The predicted octanol–water partition coefficient (Wildman–Crippen LogP) is 6.03. The summed E-state index contributed by atoms with van der Waals surface area (Å²) in [5, 5.41) is 2.59. The second kappa shape index (κ2) is 5.67. The third kappa shape index (κ3) is 3.20. The molecule has 0 saturated carbocycles. The van der Waals surface area contributed by atoms with Crippen LogP contribution in [0.15, 0.2) is 66.7 Å². The van der Waals surface area contributed by atoms with Gasteiger partial charge in [0.25, 0.3) is 0 Å². The molecule has 0 bridgehead atoms. The lowest BCUT2D eigenvalue weighted by Gasteiger charge is -2.17. The van der Waals surface area contributed by atoms with Gasteiger partial charge in [-0.25, -0.2) is 0 Å². The van der Waals surface area contributed by atoms with Crippen LogP contribution in [0.2, 0.25) is 13.1 Å². The van der Waals surface area contributed by atoms with Crippen molar-refractivity contribution < 1.29 is 0 Å². The highest BCUT2D eigenvalue weighted by molar-refractivity contribution is 7.18. The molecular weight excluding hydrogens is 292 g/mol. The average Bonchev–Trinajstić information content (AvgIpc) is 2.46. The molecule has 2 heteroatoms. The van der Waals surface area contributed by atoms with Gasteiger partial charge in [0.15, 0.2) is 7.38 Å². The van der Waals surface area contributed by atoms with Gasteiger partial charge in [0.05, 0.1) is 0 Å². The molecular formula is C19H19ClSi. The van der Waals surface area contributed by atoms with Crippen LogP contribution in [0.1, 0.15) is 5.56 Å². The fraction of sp³-hybridized carbons (Fsp3) is 0.158. The molecule has 0 aliphatic rings. The largest absolute Gasteiger partial charge is 0.167 e. The highest BCUT2D eigenvalue weighted by atomic mass is 35.6. The first-order chi connectivity index (χ1) is 10.0. The topological polar surface area (TPSA) is 0 Å². The molecule has 0 nitrogen and oxygen atoms in total. The maximum Gasteiger partial charge on any atom is 0.154 e. The Balaban J connectivity index is 2.20. The van der Waals surface area contributed by atoms with Crippen LogP contribution >= 0.6 is 11.1 Å². The Labute approximate surface area is 132 Å². The lowest BCUT2D eigenvalue weighted by Crippen LogP contribution is -2.21. The van der Waals surface area contributed by atoms with Crippen molar-refractivity contribution >= 4 is 29.2 Å². The van der Waals surface area contributed by atoms with Crippen LogP contribution in [0, 0.1) is 0 Å². The molecule has 21 heavy (non-hydrogen) atoms. The van der Waals surface area contributed by atoms with Gasteiger partial charge in [-0.2, -0.15) is 11.1 Å². The average molecular weight is 311 g/mol. The number of fused-ring (bicyclic) bond motifs is 1. The molecule has 0 aromatic heterocycles. The van der Waals surface area contributed by atoms with E-state index in [1.54, 1.807) is 0 Å². The minimum atomic E-state index is -1.66. The van der Waals surface area contributed by atoms with Crippen molar-refractivity contribution in [3.63, 3.8) is 0 Å². The first kappa shape index (κ1) is 14.4. The minimum absolute atomic E-state index is 0.994. The fourth-order valence-corrected chi connectivity index (χ4v) is 4.50. The summed E-state index contributed by atoms with van der Waals surface area (Å²) in [5.41, 5.74) is 3.98. The summed E-state index contributed by atoms with van der Waals surface area (Å²) < 4.78 is 0. The van der Waals surface area contributed by atoms with Gasteiger partial charge in [-0.3, -0.25) is 0 Å². The molecule has 0 radical (unpaired) electrons. The van der Waals surface area contributed by atoms with E-state index in [0.717, 1.165) is 6.04 Å². The predicted molar refractivity (Wildman–Crippen MR) is 96.4 cm³/mol. The zero-order chi connectivity index (χ0) is 14.9. The van der Waals surface area contributed by atoms with E-state index in [0.29, 0.717) is 0 Å². The summed E-state index contributed by atoms with van der Waals surface area (Å²) in [6.07, 6.45) is 0. The van der Waals surface area contributed by atoms with E-state index in [1.165, 1.54) is 27.5 Å². The molecule has 0 aliphatic heterocycles. The molecule has 0 saturated heterocycles. The first-order valence-corrected chi connectivity index (χ1v) is 11.5. The van der Waals surface area contributed by atoms with E-state index in [2.05, 4.69) is 79.8 Å². The molecule has 0 unspecified atom stereocenters. The van der Waals surface area contributed by atoms with Crippen molar-refractivity contribution in [3.8, 4) is 11.1 Å². The number of hydrogen-bond donors (Lipinski definition) is 0. The van der Waals surface area contributed by atoms with Gasteiger partial charge in [0.1, 0.15) is 0 Å². The molecule has 0 spiro atoms. The third-order valence-corrected chi connectivity index (χ3v) is 5.33. The van der Waals surface area contributed by atoms with Gasteiger partial charge in [0, 0.05) is 0 Å². The first-order valence-electron chi connectivity index (χ1n) is 7.29. The van der Waals surface area contributed by atoms with Gasteiger partial charge < -0.3 is 0 Å². The van der Waals surface area contributed by atoms with Gasteiger partial charge in [-0.1, -0.05) is 79.8 Å². The van der Waals surface area contributed by atoms with Crippen LogP contribution in [0.5, 0.6) is 0 Å². The normalized spacial score (nSPS) is 11.8. The number of benzene rings is 3. The maximum atomic E-state index is 6.58. The molecule has 0 heterocycles. The Morgan fingerprint density at radius 2 is 1.38 bits per heavy atom. The van der Waals surface area contributed by atoms with Crippen LogP contribution in [-0.2, 0) is 6.04 Å². The SMILES string of the molecule is C[Si](C)(Cl)Cc1ccccc1-c1cccc2ccccc12. The quantitative estimate of drug-likeness (QED) is 0.409. The van der Waals surface area contributed by atoms with Crippen molar-refractivity contribution in [3.05, 3.63) is 72.3 Å². The van der Waals surface area contributed by atoms with Crippen LogP contribution in [0.25, 0.3) is 21.9 Å². The Hall–Kier alpha value is -1.57. The molecule has 0 aliphatic carbocycles. The molecule has 0 amide bonds. The zero-order valence-electron chi connectivity index (χ0n) is 12.4. The van der Waals surface area contributed by atoms with Crippen molar-refractivity contribution in [1.82, 2.24) is 0 Å². The summed E-state index contributed by atoms with van der Waals surface area (Å²) in [7, 11) is -1.66. The third-order valence-electron chi connectivity index (χ3n) is 3.71. The highest BCUT2D eigenvalue weighted by Crippen LogP contribution is 2.32. The zero-order valence-corrected chi connectivity index (χ0v) is 14.2. The molecule has 0 fully saturated rings. The standard InChI is InChI=1S/C19H19ClSi/c1-21(2,20)14-16-9-4-6-12-18(16)19-13-7-10-15-8-3-5-11-17(15)19/h3-13H,14H2,1-2H3. The van der Waals surface area contributed by atoms with Crippen molar-refractivity contribution in [2.45, 2.75) is 19.1 Å². The van der Waals surface area contributed by atoms with Crippen LogP contribution in [-0.4, -0.2) is 7.38 Å². The smallest absolute Gasteiger partial charge is 0.154 e. The van der Waals surface area contributed by atoms with Gasteiger partial charge in [0.2, 0.25) is 0 Å². The Morgan fingerprint density at radius 1 is 0.762 bits per heavy atom. The van der Waals surface area contributed by atoms with Crippen LogP contribution < -0.4 is 0 Å². The number of hydrogen-bond acceptors (Lipinski definition) is 0. The molecule has 0 N–H and O–H groups in total. The lowest BCUT2D eigenvalue weighted by atomic mass is 9.95. The van der Waals surface area contributed by atoms with Crippen molar-refractivity contribution in [2.24, 2.45) is 0 Å². The van der Waals surface area contributed by atoms with E-state index in [1.807, 2.05) is 0 Å². The summed E-state index contributed by atoms with van der Waals surface area (Å²) in [6.45, 7) is 4.41. The number of halogens is 1. The van der Waals surface area contributed by atoms with Gasteiger partial charge in [-0.15, -0.1) is 0 Å². The molecule has 3 aromatic carbocycles. The molecule has 0 atom stereocenters. The highest BCUT2D eigenvalue weighted by Gasteiger charge is 2.20. The van der Waals surface area contributed by atoms with Gasteiger partial charge in [-0.05, 0) is 33.5 Å². The molecule has 106 valence electrons. The summed E-state index contributed by atoms with van der Waals surface area (Å²) >= 11 is 6.58. The van der Waals surface area contributed by atoms with E-state index in [4.69, 9.17) is 11.1 Å². The minimum Gasteiger partial charge on any atom is -0.167 e. The van der Waals surface area contributed by atoms with Crippen LogP contribution in [0.3, 0.4) is 0 Å². The second-order valence-corrected chi connectivity index (χ2v) is 12.9. The molecule has 3 rings (SSSR count). The Bertz CT molecular complexity index is 766. The summed E-state index contributed by atoms with van der Waals surface area (Å²) in [4.78, 5) is 0. The van der Waals surface area contributed by atoms with Crippen molar-refractivity contribution in [1.29, 1.82) is 0 Å². The lowest BCUT2D eigenvalue weighted by molar-refractivity contribution is 1.34. The van der Waals surface area contributed by atoms with Crippen molar-refractivity contribution in [2.75, 3.05) is 0 Å². The van der Waals surface area contributed by atoms with E-state index in [9.17, 15) is 0 Å². The van der Waals surface area contributed by atoms with E-state index < -0.39 is 7.38 Å². The summed E-state index contributed by atoms with van der Waals surface area (Å²) in [6, 6.07) is 24.7. The number of rotatable bonds is 3. The fourth-order valence-electron chi connectivity index (χ4n) is 2.85. The second-order valence-electron chi connectivity index (χ2n) is 6.08. The van der Waals surface area contributed by atoms with E-state index in [-0.39, 0.29) is 0 Å².